The molecular formula is C12H20N2O5. The van der Waals surface area contributed by atoms with Gasteiger partial charge in [0.25, 0.3) is 0 Å². The Balaban J connectivity index is 2.53. The Morgan fingerprint density at radius 2 is 2.00 bits per heavy atom. The van der Waals surface area contributed by atoms with Gasteiger partial charge in [-0.25, -0.2) is 0 Å². The molecule has 108 valence electrons. The molecular weight excluding hydrogens is 252 g/mol. The van der Waals surface area contributed by atoms with Crippen molar-refractivity contribution in [2.75, 3.05) is 6.54 Å². The maximum absolute atomic E-state index is 12.1. The molecule has 0 radical (unpaired) electrons. The van der Waals surface area contributed by atoms with Crippen LogP contribution < -0.4 is 5.73 Å². The average Bonchev–Trinajstić information content (AvgIpc) is 2.34. The van der Waals surface area contributed by atoms with Crippen molar-refractivity contribution in [3.8, 4) is 0 Å². The molecule has 1 rings (SSSR count). The molecule has 0 aliphatic carbocycles. The van der Waals surface area contributed by atoms with Crippen LogP contribution in [0.2, 0.25) is 0 Å². The van der Waals surface area contributed by atoms with Crippen LogP contribution >= 0.6 is 0 Å². The van der Waals surface area contributed by atoms with Crippen LogP contribution in [0.15, 0.2) is 0 Å². The number of carbonyl (C=O) groups excluding carboxylic acids is 1. The average molecular weight is 272 g/mol. The predicted octanol–water partition coefficient (Wildman–Crippen LogP) is -0.110. The van der Waals surface area contributed by atoms with E-state index >= 15 is 0 Å². The molecule has 1 aliphatic rings. The number of hydrogen-bond donors (Lipinski definition) is 3. The van der Waals surface area contributed by atoms with Crippen LogP contribution in [-0.2, 0) is 14.4 Å². The molecule has 19 heavy (non-hydrogen) atoms. The standard InChI is InChI=1S/C12H20N2O5/c1-7-6-8(12(18)19)4-5-14(7)11(17)9(13)2-3-10(15)16/h7-9H,2-6,13H2,1H3,(H,15,16)(H,18,19). The second-order valence-electron chi connectivity index (χ2n) is 4.98. The summed E-state index contributed by atoms with van der Waals surface area (Å²) in [5.74, 6) is -2.54. The monoisotopic (exact) mass is 272 g/mol. The highest BCUT2D eigenvalue weighted by molar-refractivity contribution is 5.83. The number of rotatable bonds is 5. The molecule has 0 aromatic rings. The van der Waals surface area contributed by atoms with Gasteiger partial charge in [0, 0.05) is 19.0 Å². The number of carboxylic acid groups (broad SMARTS) is 2. The molecule has 0 bridgehead atoms. The van der Waals surface area contributed by atoms with E-state index in [4.69, 9.17) is 15.9 Å². The third kappa shape index (κ3) is 4.20. The smallest absolute Gasteiger partial charge is 0.306 e. The van der Waals surface area contributed by atoms with Crippen molar-refractivity contribution in [2.45, 2.75) is 44.7 Å². The lowest BCUT2D eigenvalue weighted by Gasteiger charge is -2.37. The zero-order chi connectivity index (χ0) is 14.6. The molecule has 3 unspecified atom stereocenters. The summed E-state index contributed by atoms with van der Waals surface area (Å²) in [6, 6.07) is -1.02. The van der Waals surface area contributed by atoms with E-state index in [0.717, 1.165) is 0 Å². The van der Waals surface area contributed by atoms with Gasteiger partial charge in [-0.1, -0.05) is 0 Å². The zero-order valence-electron chi connectivity index (χ0n) is 10.9. The molecule has 1 saturated heterocycles. The van der Waals surface area contributed by atoms with Gasteiger partial charge in [-0.05, 0) is 26.2 Å². The van der Waals surface area contributed by atoms with Crippen LogP contribution in [0.5, 0.6) is 0 Å². The summed E-state index contributed by atoms with van der Waals surface area (Å²) in [7, 11) is 0. The molecule has 1 aliphatic heterocycles. The number of carboxylic acids is 2. The minimum Gasteiger partial charge on any atom is -0.481 e. The molecule has 1 fully saturated rings. The third-order valence-electron chi connectivity index (χ3n) is 3.49. The van der Waals surface area contributed by atoms with Crippen molar-refractivity contribution in [1.29, 1.82) is 0 Å². The van der Waals surface area contributed by atoms with Crippen LogP contribution in [0.3, 0.4) is 0 Å². The fourth-order valence-corrected chi connectivity index (χ4v) is 2.34. The molecule has 0 spiro atoms. The lowest BCUT2D eigenvalue weighted by molar-refractivity contribution is -0.148. The second-order valence-corrected chi connectivity index (χ2v) is 4.98. The summed E-state index contributed by atoms with van der Waals surface area (Å²) in [4.78, 5) is 35.0. The maximum atomic E-state index is 12.1. The highest BCUT2D eigenvalue weighted by Gasteiger charge is 2.33. The lowest BCUT2D eigenvalue weighted by Crippen LogP contribution is -2.52. The molecule has 0 saturated carbocycles. The van der Waals surface area contributed by atoms with Gasteiger partial charge in [0.2, 0.25) is 5.91 Å². The Morgan fingerprint density at radius 3 is 2.47 bits per heavy atom. The van der Waals surface area contributed by atoms with E-state index in [1.807, 2.05) is 0 Å². The first-order valence-electron chi connectivity index (χ1n) is 6.33. The first-order chi connectivity index (χ1) is 8.82. The molecule has 0 aromatic carbocycles. The van der Waals surface area contributed by atoms with Crippen molar-refractivity contribution in [3.63, 3.8) is 0 Å². The number of amides is 1. The van der Waals surface area contributed by atoms with Gasteiger partial charge in [-0.15, -0.1) is 0 Å². The Bertz CT molecular complexity index is 371. The van der Waals surface area contributed by atoms with E-state index in [1.165, 1.54) is 0 Å². The Morgan fingerprint density at radius 1 is 1.37 bits per heavy atom. The van der Waals surface area contributed by atoms with Gasteiger partial charge in [0.15, 0.2) is 0 Å². The van der Waals surface area contributed by atoms with Gasteiger partial charge in [-0.2, -0.15) is 0 Å². The van der Waals surface area contributed by atoms with E-state index in [2.05, 4.69) is 0 Å². The van der Waals surface area contributed by atoms with Gasteiger partial charge in [0.05, 0.1) is 12.0 Å². The van der Waals surface area contributed by atoms with Crippen LogP contribution in [-0.4, -0.2) is 51.6 Å². The summed E-state index contributed by atoms with van der Waals surface area (Å²) < 4.78 is 0. The largest absolute Gasteiger partial charge is 0.481 e. The SMILES string of the molecule is CC1CC(C(=O)O)CCN1C(=O)C(N)CCC(=O)O. The zero-order valence-corrected chi connectivity index (χ0v) is 10.9. The van der Waals surface area contributed by atoms with Crippen LogP contribution in [0.4, 0.5) is 0 Å². The topological polar surface area (TPSA) is 121 Å². The molecule has 7 heteroatoms. The van der Waals surface area contributed by atoms with Gasteiger partial charge in [-0.3, -0.25) is 14.4 Å². The van der Waals surface area contributed by atoms with E-state index < -0.39 is 23.9 Å². The van der Waals surface area contributed by atoms with Crippen LogP contribution in [0.25, 0.3) is 0 Å². The molecule has 3 atom stereocenters. The molecule has 1 heterocycles. The highest BCUT2D eigenvalue weighted by Crippen LogP contribution is 2.23. The van der Waals surface area contributed by atoms with E-state index in [0.29, 0.717) is 19.4 Å². The maximum Gasteiger partial charge on any atom is 0.306 e. The molecule has 0 aromatic heterocycles. The van der Waals surface area contributed by atoms with Crippen molar-refractivity contribution < 1.29 is 24.6 Å². The van der Waals surface area contributed by atoms with Gasteiger partial charge >= 0.3 is 11.9 Å². The Kier molecular flexibility index (Phi) is 5.29. The van der Waals surface area contributed by atoms with E-state index in [-0.39, 0.29) is 24.8 Å². The summed E-state index contributed by atoms with van der Waals surface area (Å²) in [6.07, 6.45) is 0.774. The lowest BCUT2D eigenvalue weighted by atomic mass is 9.91. The summed E-state index contributed by atoms with van der Waals surface area (Å²) in [6.45, 7) is 2.15. The van der Waals surface area contributed by atoms with Gasteiger partial charge < -0.3 is 20.8 Å². The fraction of sp³-hybridized carbons (Fsp3) is 0.750. The first-order valence-corrected chi connectivity index (χ1v) is 6.33. The number of hydrogen-bond acceptors (Lipinski definition) is 4. The number of piperidine rings is 1. The Labute approximate surface area is 111 Å². The number of nitrogens with zero attached hydrogens (tertiary/aromatic N) is 1. The normalized spacial score (nSPS) is 24.8. The fourth-order valence-electron chi connectivity index (χ4n) is 2.34. The number of aliphatic carboxylic acids is 2. The molecule has 1 amide bonds. The number of likely N-dealkylation sites (tertiary alicyclic amines) is 1. The van der Waals surface area contributed by atoms with E-state index in [9.17, 15) is 14.4 Å². The highest BCUT2D eigenvalue weighted by atomic mass is 16.4. The van der Waals surface area contributed by atoms with Crippen molar-refractivity contribution >= 4 is 17.8 Å². The minimum absolute atomic E-state index is 0.0970. The van der Waals surface area contributed by atoms with Crippen molar-refractivity contribution in [2.24, 2.45) is 11.7 Å². The minimum atomic E-state index is -0.985. The Hall–Kier alpha value is -1.63. The van der Waals surface area contributed by atoms with Crippen molar-refractivity contribution in [1.82, 2.24) is 4.90 Å². The van der Waals surface area contributed by atoms with Gasteiger partial charge in [0.1, 0.15) is 0 Å². The van der Waals surface area contributed by atoms with Crippen LogP contribution in [0, 0.1) is 5.92 Å². The summed E-state index contributed by atoms with van der Waals surface area (Å²) >= 11 is 0. The van der Waals surface area contributed by atoms with Crippen molar-refractivity contribution in [3.05, 3.63) is 0 Å². The second kappa shape index (κ2) is 6.51. The first kappa shape index (κ1) is 15.4. The van der Waals surface area contributed by atoms with Crippen LogP contribution in [0.1, 0.15) is 32.6 Å². The molecule has 7 nitrogen and oxygen atoms in total. The molecule has 4 N–H and O–H groups in total. The number of carbonyl (C=O) groups is 3. The quantitative estimate of drug-likeness (QED) is 0.642. The number of nitrogens with two attached hydrogens (primary N) is 1. The summed E-state index contributed by atoms with van der Waals surface area (Å²) in [5.41, 5.74) is 5.68. The van der Waals surface area contributed by atoms with E-state index in [1.54, 1.807) is 11.8 Å². The predicted molar refractivity (Wildman–Crippen MR) is 66.4 cm³/mol. The summed E-state index contributed by atoms with van der Waals surface area (Å²) in [5, 5.41) is 17.5. The third-order valence-corrected chi connectivity index (χ3v) is 3.49.